The number of aliphatic hydroxyl groups is 1. The summed E-state index contributed by atoms with van der Waals surface area (Å²) < 4.78 is 63.9. The number of hydrogen-bond donors (Lipinski definition) is 5. The van der Waals surface area contributed by atoms with Crippen molar-refractivity contribution in [2.75, 3.05) is 18.5 Å². The molecular formula is C33H27F4N7O5. The molecule has 0 bridgehead atoms. The number of imidazole rings is 1. The lowest BCUT2D eigenvalue weighted by atomic mass is 9.81. The third kappa shape index (κ3) is 5.90. The van der Waals surface area contributed by atoms with Crippen LogP contribution in [0.3, 0.4) is 0 Å². The fourth-order valence-electron chi connectivity index (χ4n) is 5.39. The van der Waals surface area contributed by atoms with Crippen molar-refractivity contribution >= 4 is 34.3 Å². The van der Waals surface area contributed by atoms with Crippen molar-refractivity contribution in [2.45, 2.75) is 31.0 Å². The SMILES string of the molecule is Cc1ncc(C(=O)Nc2cc(C(=O)NCC(O)(c3cc4c(c(-c5ccc(F)cc5)n3)OC[C@]4(C)C(N)=O)C(F)(F)F)cc3cccnc23)[nH]1. The molecule has 1 aliphatic heterocycles. The number of nitrogens with zero attached hydrogens (tertiary/aromatic N) is 3. The van der Waals surface area contributed by atoms with Crippen molar-refractivity contribution in [3.63, 3.8) is 0 Å². The number of halogens is 4. The van der Waals surface area contributed by atoms with Crippen LogP contribution >= 0.6 is 0 Å². The zero-order chi connectivity index (χ0) is 35.3. The van der Waals surface area contributed by atoms with Crippen LogP contribution in [-0.4, -0.2) is 62.1 Å². The van der Waals surface area contributed by atoms with Crippen LogP contribution in [0.2, 0.25) is 0 Å². The number of carbonyl (C=O) groups excluding carboxylic acids is 3. The lowest BCUT2D eigenvalue weighted by molar-refractivity contribution is -0.265. The Morgan fingerprint density at radius 2 is 1.82 bits per heavy atom. The minimum Gasteiger partial charge on any atom is -0.489 e. The van der Waals surface area contributed by atoms with Crippen LogP contribution in [0.15, 0.2) is 67.0 Å². The topological polar surface area (TPSA) is 185 Å². The van der Waals surface area contributed by atoms with E-state index in [0.717, 1.165) is 18.2 Å². The Labute approximate surface area is 274 Å². The monoisotopic (exact) mass is 677 g/mol. The second-order valence-corrected chi connectivity index (χ2v) is 11.7. The highest BCUT2D eigenvalue weighted by molar-refractivity contribution is 6.09. The number of amides is 3. The molecule has 0 saturated heterocycles. The van der Waals surface area contributed by atoms with Gasteiger partial charge in [0.25, 0.3) is 11.8 Å². The molecule has 0 fully saturated rings. The van der Waals surface area contributed by atoms with Crippen LogP contribution in [0.4, 0.5) is 23.2 Å². The van der Waals surface area contributed by atoms with Gasteiger partial charge in [0, 0.05) is 28.3 Å². The summed E-state index contributed by atoms with van der Waals surface area (Å²) in [6.45, 7) is 1.27. The minimum atomic E-state index is -5.42. The van der Waals surface area contributed by atoms with Crippen LogP contribution in [0.5, 0.6) is 5.75 Å². The average molecular weight is 678 g/mol. The fraction of sp³-hybridized carbons (Fsp3) is 0.212. The van der Waals surface area contributed by atoms with E-state index in [1.165, 1.54) is 43.6 Å². The maximum Gasteiger partial charge on any atom is 0.424 e. The Kier molecular flexibility index (Phi) is 8.06. The zero-order valence-corrected chi connectivity index (χ0v) is 25.8. The smallest absolute Gasteiger partial charge is 0.424 e. The Hall–Kier alpha value is -5.90. The highest BCUT2D eigenvalue weighted by atomic mass is 19.4. The number of benzene rings is 2. The van der Waals surface area contributed by atoms with Gasteiger partial charge in [0.05, 0.1) is 29.6 Å². The Morgan fingerprint density at radius 1 is 1.08 bits per heavy atom. The summed E-state index contributed by atoms with van der Waals surface area (Å²) in [5, 5.41) is 16.5. The number of nitrogens with two attached hydrogens (primary N) is 1. The van der Waals surface area contributed by atoms with Gasteiger partial charge in [-0.05, 0) is 62.4 Å². The predicted molar refractivity (Wildman–Crippen MR) is 167 cm³/mol. The molecule has 5 aromatic rings. The van der Waals surface area contributed by atoms with E-state index >= 15 is 0 Å². The quantitative estimate of drug-likeness (QED) is 0.152. The number of fused-ring (bicyclic) bond motifs is 2. The van der Waals surface area contributed by atoms with Gasteiger partial charge < -0.3 is 31.2 Å². The van der Waals surface area contributed by atoms with Crippen molar-refractivity contribution < 1.29 is 41.8 Å². The van der Waals surface area contributed by atoms with Crippen LogP contribution in [0.25, 0.3) is 22.2 Å². The number of pyridine rings is 2. The summed E-state index contributed by atoms with van der Waals surface area (Å²) in [5.41, 5.74) is -0.582. The molecule has 49 heavy (non-hydrogen) atoms. The van der Waals surface area contributed by atoms with Crippen molar-refractivity contribution in [3.05, 3.63) is 101 Å². The van der Waals surface area contributed by atoms with Crippen LogP contribution in [0, 0.1) is 12.7 Å². The van der Waals surface area contributed by atoms with E-state index in [1.54, 1.807) is 19.1 Å². The van der Waals surface area contributed by atoms with Gasteiger partial charge in [-0.3, -0.25) is 19.4 Å². The van der Waals surface area contributed by atoms with Crippen LogP contribution < -0.4 is 21.1 Å². The molecule has 2 atom stereocenters. The molecule has 16 heteroatoms. The highest BCUT2D eigenvalue weighted by Gasteiger charge is 2.57. The molecule has 0 aliphatic carbocycles. The van der Waals surface area contributed by atoms with E-state index in [9.17, 15) is 37.1 Å². The third-order valence-electron chi connectivity index (χ3n) is 8.29. The molecular weight excluding hydrogens is 650 g/mol. The van der Waals surface area contributed by atoms with E-state index in [-0.39, 0.29) is 46.1 Å². The molecule has 0 saturated carbocycles. The van der Waals surface area contributed by atoms with Gasteiger partial charge in [-0.15, -0.1) is 0 Å². The summed E-state index contributed by atoms with van der Waals surface area (Å²) in [6, 6.07) is 11.2. The largest absolute Gasteiger partial charge is 0.489 e. The molecule has 12 nitrogen and oxygen atoms in total. The van der Waals surface area contributed by atoms with Crippen molar-refractivity contribution in [3.8, 4) is 17.0 Å². The second-order valence-electron chi connectivity index (χ2n) is 11.7. The van der Waals surface area contributed by atoms with Crippen molar-refractivity contribution in [1.82, 2.24) is 25.3 Å². The van der Waals surface area contributed by atoms with E-state index < -0.39 is 53.0 Å². The van der Waals surface area contributed by atoms with Crippen molar-refractivity contribution in [1.29, 1.82) is 0 Å². The summed E-state index contributed by atoms with van der Waals surface area (Å²) in [4.78, 5) is 53.9. The van der Waals surface area contributed by atoms with Gasteiger partial charge in [0.1, 0.15) is 40.8 Å². The van der Waals surface area contributed by atoms with E-state index in [4.69, 9.17) is 10.5 Å². The Balaban J connectivity index is 1.38. The van der Waals surface area contributed by atoms with Crippen LogP contribution in [0.1, 0.15) is 44.9 Å². The number of carbonyl (C=O) groups is 3. The first-order valence-electron chi connectivity index (χ1n) is 14.6. The van der Waals surface area contributed by atoms with E-state index in [0.29, 0.717) is 16.7 Å². The van der Waals surface area contributed by atoms with Gasteiger partial charge >= 0.3 is 6.18 Å². The molecule has 1 aliphatic rings. The number of anilines is 1. The van der Waals surface area contributed by atoms with Gasteiger partial charge in [-0.2, -0.15) is 13.2 Å². The van der Waals surface area contributed by atoms with Gasteiger partial charge in [-0.1, -0.05) is 6.07 Å². The number of nitrogens with one attached hydrogen (secondary N) is 3. The zero-order valence-electron chi connectivity index (χ0n) is 25.8. The molecule has 3 amide bonds. The Bertz CT molecular complexity index is 2140. The summed E-state index contributed by atoms with van der Waals surface area (Å²) in [6.07, 6.45) is -2.65. The number of H-pyrrole nitrogens is 1. The number of primary amides is 1. The molecule has 0 radical (unpaired) electrons. The minimum absolute atomic E-state index is 0.0603. The second kappa shape index (κ2) is 12.0. The first-order valence-corrected chi connectivity index (χ1v) is 14.6. The number of rotatable bonds is 8. The molecule has 4 heterocycles. The predicted octanol–water partition coefficient (Wildman–Crippen LogP) is 4.04. The number of aryl methyl sites for hydroxylation is 1. The number of alkyl halides is 3. The number of ether oxygens (including phenoxy) is 1. The molecule has 6 rings (SSSR count). The summed E-state index contributed by atoms with van der Waals surface area (Å²) in [5.74, 6) is -2.76. The lowest BCUT2D eigenvalue weighted by Crippen LogP contribution is -2.51. The molecule has 0 spiro atoms. The van der Waals surface area contributed by atoms with E-state index in [2.05, 4.69) is 30.6 Å². The van der Waals surface area contributed by atoms with E-state index in [1.807, 2.05) is 0 Å². The summed E-state index contributed by atoms with van der Waals surface area (Å²) >= 11 is 0. The van der Waals surface area contributed by atoms with Gasteiger partial charge in [0.2, 0.25) is 11.5 Å². The molecule has 1 unspecified atom stereocenters. The number of aromatic amines is 1. The average Bonchev–Trinajstić information content (AvgIpc) is 3.66. The molecule has 6 N–H and O–H groups in total. The highest BCUT2D eigenvalue weighted by Crippen LogP contribution is 2.47. The number of aromatic nitrogens is 4. The fourth-order valence-corrected chi connectivity index (χ4v) is 5.39. The normalized spacial score (nSPS) is 16.8. The van der Waals surface area contributed by atoms with Crippen LogP contribution in [-0.2, 0) is 15.8 Å². The summed E-state index contributed by atoms with van der Waals surface area (Å²) in [7, 11) is 0. The number of hydrogen-bond acceptors (Lipinski definition) is 8. The first-order chi connectivity index (χ1) is 23.1. The lowest BCUT2D eigenvalue weighted by Gasteiger charge is -2.31. The van der Waals surface area contributed by atoms with Gasteiger partial charge in [0.15, 0.2) is 0 Å². The first kappa shape index (κ1) is 33.0. The maximum absolute atomic E-state index is 14.8. The molecule has 3 aromatic heterocycles. The molecule has 2 aromatic carbocycles. The maximum atomic E-state index is 14.8. The Morgan fingerprint density at radius 3 is 2.47 bits per heavy atom. The molecule has 252 valence electrons. The third-order valence-corrected chi connectivity index (χ3v) is 8.29. The van der Waals surface area contributed by atoms with Crippen molar-refractivity contribution in [2.24, 2.45) is 5.73 Å². The van der Waals surface area contributed by atoms with Gasteiger partial charge in [-0.25, -0.2) is 14.4 Å². The standard InChI is InChI=1S/C33H27F4N7O5/c1-16-40-13-23(42-16)29(46)43-22-11-19(10-18-4-3-9-39-25(18)22)28(45)41-14-32(48,33(35,36)37)24-12-21-27(49-15-31(21,2)30(38)47)26(44-24)17-5-7-20(34)8-6-17/h3-13,48H,14-15H2,1-2H3,(H2,38,47)(H,40,42)(H,41,45)(H,43,46)/t31-,32?/m0/s1.